The van der Waals surface area contributed by atoms with Crippen molar-refractivity contribution in [3.05, 3.63) is 66.0 Å². The molecule has 1 atom stereocenters. The molecule has 0 aliphatic carbocycles. The molecule has 0 radical (unpaired) electrons. The van der Waals surface area contributed by atoms with E-state index in [9.17, 15) is 4.39 Å². The molecule has 2 aromatic rings. The monoisotopic (exact) mass is 424 g/mol. The molecule has 2 saturated heterocycles. The summed E-state index contributed by atoms with van der Waals surface area (Å²) in [5.74, 6) is 0.657. The molecule has 1 unspecified atom stereocenters. The number of hydrogen-bond acceptors (Lipinski definition) is 3. The van der Waals surface area contributed by atoms with Gasteiger partial charge in [-0.1, -0.05) is 30.3 Å². The third kappa shape index (κ3) is 5.37. The first-order valence-corrected chi connectivity index (χ1v) is 11.4. The summed E-state index contributed by atoms with van der Waals surface area (Å²) in [4.78, 5) is 7.41. The quantitative estimate of drug-likeness (QED) is 0.548. The fourth-order valence-corrected chi connectivity index (χ4v) is 4.60. The number of hydrogen-bond donors (Lipinski definition) is 2. The molecule has 2 heterocycles. The third-order valence-corrected chi connectivity index (χ3v) is 6.44. The summed E-state index contributed by atoms with van der Waals surface area (Å²) in [5, 5.41) is 7.05. The van der Waals surface area contributed by atoms with Crippen LogP contribution in [0.5, 0.6) is 0 Å². The van der Waals surface area contributed by atoms with Crippen molar-refractivity contribution in [1.29, 1.82) is 0 Å². The van der Waals surface area contributed by atoms with E-state index in [1.54, 1.807) is 12.1 Å². The number of nitrogens with zero attached hydrogens (tertiary/aromatic N) is 2. The predicted molar refractivity (Wildman–Crippen MR) is 124 cm³/mol. The Kier molecular flexibility index (Phi) is 7.07. The van der Waals surface area contributed by atoms with Crippen molar-refractivity contribution in [3.63, 3.8) is 0 Å². The Bertz CT molecular complexity index is 850. The number of para-hydroxylation sites is 1. The molecule has 4 rings (SSSR count). The van der Waals surface area contributed by atoms with E-state index < -0.39 is 0 Å². The zero-order valence-corrected chi connectivity index (χ0v) is 18.3. The van der Waals surface area contributed by atoms with Gasteiger partial charge in [0.1, 0.15) is 5.82 Å². The highest BCUT2D eigenvalue weighted by Gasteiger charge is 2.34. The molecule has 166 valence electrons. The minimum atomic E-state index is -0.200. The highest BCUT2D eigenvalue weighted by atomic mass is 19.1. The molecule has 0 saturated carbocycles. The van der Waals surface area contributed by atoms with E-state index in [2.05, 4.69) is 52.8 Å². The molecule has 0 amide bonds. The van der Waals surface area contributed by atoms with E-state index in [0.717, 1.165) is 50.4 Å². The molecule has 0 spiro atoms. The van der Waals surface area contributed by atoms with Gasteiger partial charge in [-0.25, -0.2) is 4.39 Å². The Balaban J connectivity index is 1.45. The second-order valence-corrected chi connectivity index (χ2v) is 8.51. The normalized spacial score (nSPS) is 21.2. The molecular formula is C25H33FN4O. The zero-order chi connectivity index (χ0) is 21.5. The van der Waals surface area contributed by atoms with E-state index in [-0.39, 0.29) is 11.2 Å². The molecule has 31 heavy (non-hydrogen) atoms. The van der Waals surface area contributed by atoms with Crippen molar-refractivity contribution in [1.82, 2.24) is 10.6 Å². The lowest BCUT2D eigenvalue weighted by atomic mass is 9.74. The average Bonchev–Trinajstić information content (AvgIpc) is 3.28. The lowest BCUT2D eigenvalue weighted by Crippen LogP contribution is -2.46. The molecule has 2 aromatic carbocycles. The topological polar surface area (TPSA) is 48.9 Å². The molecule has 2 aliphatic heterocycles. The van der Waals surface area contributed by atoms with Crippen LogP contribution in [-0.2, 0) is 10.2 Å². The van der Waals surface area contributed by atoms with Gasteiger partial charge in [0.05, 0.1) is 6.54 Å². The van der Waals surface area contributed by atoms with Crippen LogP contribution < -0.4 is 15.5 Å². The van der Waals surface area contributed by atoms with Crippen LogP contribution in [0.1, 0.15) is 31.7 Å². The van der Waals surface area contributed by atoms with Gasteiger partial charge in [0.25, 0.3) is 0 Å². The van der Waals surface area contributed by atoms with Crippen LogP contribution in [0.3, 0.4) is 0 Å². The summed E-state index contributed by atoms with van der Waals surface area (Å²) in [6.45, 7) is 6.99. The van der Waals surface area contributed by atoms with Gasteiger partial charge in [-0.05, 0) is 56.0 Å². The van der Waals surface area contributed by atoms with E-state index in [1.807, 2.05) is 12.1 Å². The van der Waals surface area contributed by atoms with Crippen LogP contribution in [-0.4, -0.2) is 51.4 Å². The van der Waals surface area contributed by atoms with Gasteiger partial charge in [0, 0.05) is 50.0 Å². The maximum absolute atomic E-state index is 13.5. The first-order valence-electron chi connectivity index (χ1n) is 11.4. The number of anilines is 1. The largest absolute Gasteiger partial charge is 0.381 e. The highest BCUT2D eigenvalue weighted by molar-refractivity contribution is 5.80. The van der Waals surface area contributed by atoms with Gasteiger partial charge < -0.3 is 20.3 Å². The van der Waals surface area contributed by atoms with Crippen molar-refractivity contribution in [2.45, 2.75) is 37.6 Å². The average molecular weight is 425 g/mol. The maximum atomic E-state index is 13.5. The second-order valence-electron chi connectivity index (χ2n) is 8.51. The second kappa shape index (κ2) is 10.1. The molecule has 0 aromatic heterocycles. The van der Waals surface area contributed by atoms with Gasteiger partial charge in [-0.3, -0.25) is 4.99 Å². The van der Waals surface area contributed by atoms with Crippen LogP contribution in [0, 0.1) is 5.82 Å². The van der Waals surface area contributed by atoms with Gasteiger partial charge in [0.15, 0.2) is 5.96 Å². The fourth-order valence-electron chi connectivity index (χ4n) is 4.60. The maximum Gasteiger partial charge on any atom is 0.191 e. The summed E-state index contributed by atoms with van der Waals surface area (Å²) in [5.41, 5.74) is 2.30. The zero-order valence-electron chi connectivity index (χ0n) is 18.3. The minimum absolute atomic E-state index is 0.111. The molecule has 2 fully saturated rings. The Morgan fingerprint density at radius 1 is 1.13 bits per heavy atom. The van der Waals surface area contributed by atoms with E-state index in [4.69, 9.17) is 9.73 Å². The summed E-state index contributed by atoms with van der Waals surface area (Å²) in [7, 11) is 0. The first kappa shape index (κ1) is 21.6. The number of guanidine groups is 1. The van der Waals surface area contributed by atoms with Crippen LogP contribution in [0.15, 0.2) is 59.6 Å². The van der Waals surface area contributed by atoms with Crippen LogP contribution >= 0.6 is 0 Å². The smallest absolute Gasteiger partial charge is 0.191 e. The van der Waals surface area contributed by atoms with Gasteiger partial charge in [-0.15, -0.1) is 0 Å². The third-order valence-electron chi connectivity index (χ3n) is 6.44. The van der Waals surface area contributed by atoms with Crippen molar-refractivity contribution in [3.8, 4) is 0 Å². The first-order chi connectivity index (χ1) is 15.2. The molecule has 0 bridgehead atoms. The van der Waals surface area contributed by atoms with Crippen molar-refractivity contribution in [2.75, 3.05) is 44.3 Å². The fraction of sp³-hybridized carbons (Fsp3) is 0.480. The minimum Gasteiger partial charge on any atom is -0.381 e. The number of benzene rings is 2. The number of halogens is 1. The standard InChI is InChI=1S/C25H33FN4O/c1-2-27-24(29-22-12-15-30(18-22)23-6-4-3-5-7-23)28-19-25(13-16-31-17-14-25)20-8-10-21(26)11-9-20/h3-11,22H,2,12-19H2,1H3,(H2,27,28,29). The Morgan fingerprint density at radius 2 is 1.87 bits per heavy atom. The van der Waals surface area contributed by atoms with Crippen molar-refractivity contribution < 1.29 is 9.13 Å². The lowest BCUT2D eigenvalue weighted by molar-refractivity contribution is 0.0530. The summed E-state index contributed by atoms with van der Waals surface area (Å²) in [6.07, 6.45) is 2.87. The van der Waals surface area contributed by atoms with Gasteiger partial charge >= 0.3 is 0 Å². The predicted octanol–water partition coefficient (Wildman–Crippen LogP) is 3.71. The van der Waals surface area contributed by atoms with Crippen molar-refractivity contribution in [2.24, 2.45) is 4.99 Å². The summed E-state index contributed by atoms with van der Waals surface area (Å²) in [6, 6.07) is 17.8. The lowest BCUT2D eigenvalue weighted by Gasteiger charge is -2.36. The molecule has 6 heteroatoms. The number of ether oxygens (including phenoxy) is 1. The van der Waals surface area contributed by atoms with E-state index in [1.165, 1.54) is 5.69 Å². The van der Waals surface area contributed by atoms with Crippen LogP contribution in [0.2, 0.25) is 0 Å². The molecule has 5 nitrogen and oxygen atoms in total. The summed E-state index contributed by atoms with van der Waals surface area (Å²) >= 11 is 0. The number of aliphatic imine (C=N–C) groups is 1. The molecule has 2 N–H and O–H groups in total. The number of nitrogens with one attached hydrogen (secondary N) is 2. The van der Waals surface area contributed by atoms with Gasteiger partial charge in [0.2, 0.25) is 0 Å². The number of rotatable bonds is 6. The van der Waals surface area contributed by atoms with Crippen LogP contribution in [0.4, 0.5) is 10.1 Å². The van der Waals surface area contributed by atoms with Crippen molar-refractivity contribution >= 4 is 11.6 Å². The Hall–Kier alpha value is -2.60. The van der Waals surface area contributed by atoms with E-state index >= 15 is 0 Å². The van der Waals surface area contributed by atoms with Gasteiger partial charge in [-0.2, -0.15) is 0 Å². The summed E-state index contributed by atoms with van der Waals surface area (Å²) < 4.78 is 19.1. The van der Waals surface area contributed by atoms with E-state index in [0.29, 0.717) is 25.8 Å². The van der Waals surface area contributed by atoms with Crippen LogP contribution in [0.25, 0.3) is 0 Å². The highest BCUT2D eigenvalue weighted by Crippen LogP contribution is 2.35. The Morgan fingerprint density at radius 3 is 2.58 bits per heavy atom. The molecule has 2 aliphatic rings. The SMILES string of the molecule is CCNC(=NCC1(c2ccc(F)cc2)CCOCC1)NC1CCN(c2ccccc2)C1. The Labute approximate surface area is 184 Å². The molecular weight excluding hydrogens is 391 g/mol.